The van der Waals surface area contributed by atoms with Gasteiger partial charge in [-0.3, -0.25) is 0 Å². The molecule has 1 heterocycles. The SMILES string of the molecule is CSCC1N=CON1C. The average molecular weight is 146 g/mol. The second-order valence-electron chi connectivity index (χ2n) is 1.84. The Bertz CT molecular complexity index is 118. The first kappa shape index (κ1) is 6.89. The summed E-state index contributed by atoms with van der Waals surface area (Å²) in [5.74, 6) is 0.993. The van der Waals surface area contributed by atoms with Crippen molar-refractivity contribution in [2.45, 2.75) is 6.17 Å². The largest absolute Gasteiger partial charge is 0.392 e. The molecule has 0 aliphatic carbocycles. The molecule has 0 radical (unpaired) electrons. The topological polar surface area (TPSA) is 24.8 Å². The van der Waals surface area contributed by atoms with Crippen LogP contribution in [0.2, 0.25) is 0 Å². The first-order valence-corrected chi connectivity index (χ1v) is 4.14. The van der Waals surface area contributed by atoms with E-state index in [0.717, 1.165) is 5.75 Å². The van der Waals surface area contributed by atoms with E-state index in [0.29, 0.717) is 0 Å². The van der Waals surface area contributed by atoms with Gasteiger partial charge in [0.25, 0.3) is 0 Å². The highest BCUT2D eigenvalue weighted by Gasteiger charge is 2.16. The molecule has 0 fully saturated rings. The first-order chi connectivity index (χ1) is 4.34. The third-order valence-electron chi connectivity index (χ3n) is 1.18. The maximum atomic E-state index is 4.95. The second kappa shape index (κ2) is 3.08. The molecule has 1 aliphatic rings. The molecule has 0 aromatic carbocycles. The van der Waals surface area contributed by atoms with Gasteiger partial charge < -0.3 is 4.84 Å². The predicted octanol–water partition coefficient (Wildman–Crippen LogP) is 0.581. The van der Waals surface area contributed by atoms with Gasteiger partial charge in [0, 0.05) is 12.8 Å². The molecule has 0 saturated carbocycles. The normalized spacial score (nSPS) is 26.7. The molecule has 0 bridgehead atoms. The number of rotatable bonds is 2. The van der Waals surface area contributed by atoms with E-state index in [-0.39, 0.29) is 6.17 Å². The van der Waals surface area contributed by atoms with Gasteiger partial charge >= 0.3 is 0 Å². The van der Waals surface area contributed by atoms with E-state index in [1.165, 1.54) is 6.40 Å². The third-order valence-corrected chi connectivity index (χ3v) is 1.81. The van der Waals surface area contributed by atoms with Crippen LogP contribution in [-0.2, 0) is 4.84 Å². The molecule has 4 heteroatoms. The summed E-state index contributed by atoms with van der Waals surface area (Å²) >= 11 is 1.77. The van der Waals surface area contributed by atoms with Crippen molar-refractivity contribution in [1.29, 1.82) is 0 Å². The Balaban J connectivity index is 2.31. The Labute approximate surface area is 59.0 Å². The quantitative estimate of drug-likeness (QED) is 0.569. The third kappa shape index (κ3) is 1.59. The fraction of sp³-hybridized carbons (Fsp3) is 0.800. The van der Waals surface area contributed by atoms with Gasteiger partial charge in [-0.1, -0.05) is 0 Å². The molecule has 0 aromatic rings. The molecule has 3 nitrogen and oxygen atoms in total. The Kier molecular flexibility index (Phi) is 2.36. The standard InChI is InChI=1S/C5H10N2OS/c1-7-5(3-9-2)6-4-8-7/h4-5H,3H2,1-2H3. The number of aliphatic imine (C=N–C) groups is 1. The van der Waals surface area contributed by atoms with Crippen molar-refractivity contribution < 1.29 is 4.84 Å². The van der Waals surface area contributed by atoms with Gasteiger partial charge in [0.15, 0.2) is 6.40 Å². The van der Waals surface area contributed by atoms with Gasteiger partial charge in [-0.05, 0) is 6.26 Å². The van der Waals surface area contributed by atoms with E-state index in [1.54, 1.807) is 16.8 Å². The van der Waals surface area contributed by atoms with Crippen LogP contribution in [0, 0.1) is 0 Å². The van der Waals surface area contributed by atoms with Crippen LogP contribution in [-0.4, -0.2) is 36.7 Å². The molecule has 1 rings (SSSR count). The molecule has 0 amide bonds. The minimum atomic E-state index is 0.222. The van der Waals surface area contributed by atoms with E-state index in [4.69, 9.17) is 4.84 Å². The zero-order valence-corrected chi connectivity index (χ0v) is 6.39. The lowest BCUT2D eigenvalue weighted by Gasteiger charge is -2.13. The number of thioether (sulfide) groups is 1. The second-order valence-corrected chi connectivity index (χ2v) is 2.75. The summed E-state index contributed by atoms with van der Waals surface area (Å²) < 4.78 is 0. The fourth-order valence-corrected chi connectivity index (χ4v) is 1.23. The smallest absolute Gasteiger partial charge is 0.198 e. The fourth-order valence-electron chi connectivity index (χ4n) is 0.633. The lowest BCUT2D eigenvalue weighted by Crippen LogP contribution is -2.26. The van der Waals surface area contributed by atoms with E-state index < -0.39 is 0 Å². The summed E-state index contributed by atoms with van der Waals surface area (Å²) in [5.41, 5.74) is 0. The van der Waals surface area contributed by atoms with Crippen molar-refractivity contribution >= 4 is 18.2 Å². The molecule has 1 atom stereocenters. The first-order valence-electron chi connectivity index (χ1n) is 2.75. The number of nitrogens with zero attached hydrogens (tertiary/aromatic N) is 2. The van der Waals surface area contributed by atoms with Gasteiger partial charge in [-0.25, -0.2) is 4.99 Å². The minimum absolute atomic E-state index is 0.222. The van der Waals surface area contributed by atoms with Gasteiger partial charge in [0.2, 0.25) is 0 Å². The molecule has 9 heavy (non-hydrogen) atoms. The molecule has 1 aliphatic heterocycles. The highest BCUT2D eigenvalue weighted by Crippen LogP contribution is 2.09. The Hall–Kier alpha value is -0.220. The van der Waals surface area contributed by atoms with E-state index in [1.807, 2.05) is 7.05 Å². The summed E-state index contributed by atoms with van der Waals surface area (Å²) in [5, 5.41) is 1.75. The summed E-state index contributed by atoms with van der Waals surface area (Å²) in [6.45, 7) is 0. The van der Waals surface area contributed by atoms with E-state index >= 15 is 0 Å². The van der Waals surface area contributed by atoms with Crippen molar-refractivity contribution in [2.24, 2.45) is 4.99 Å². The maximum absolute atomic E-state index is 4.95. The van der Waals surface area contributed by atoms with Crippen LogP contribution in [0.1, 0.15) is 0 Å². The lowest BCUT2D eigenvalue weighted by atomic mass is 10.6. The van der Waals surface area contributed by atoms with E-state index in [9.17, 15) is 0 Å². The van der Waals surface area contributed by atoms with Crippen LogP contribution in [0.15, 0.2) is 4.99 Å². The molecular weight excluding hydrogens is 136 g/mol. The van der Waals surface area contributed by atoms with Gasteiger partial charge in [-0.15, -0.1) is 5.06 Å². The van der Waals surface area contributed by atoms with Crippen molar-refractivity contribution in [3.8, 4) is 0 Å². The zero-order chi connectivity index (χ0) is 6.69. The van der Waals surface area contributed by atoms with Crippen molar-refractivity contribution in [3.63, 3.8) is 0 Å². The van der Waals surface area contributed by atoms with Crippen LogP contribution < -0.4 is 0 Å². The summed E-state index contributed by atoms with van der Waals surface area (Å²) in [7, 11) is 1.88. The van der Waals surface area contributed by atoms with Gasteiger partial charge in [0.1, 0.15) is 6.17 Å². The Morgan fingerprint density at radius 3 is 3.11 bits per heavy atom. The lowest BCUT2D eigenvalue weighted by molar-refractivity contribution is -0.0440. The number of hydrogen-bond acceptors (Lipinski definition) is 4. The minimum Gasteiger partial charge on any atom is -0.392 e. The van der Waals surface area contributed by atoms with Crippen LogP contribution >= 0.6 is 11.8 Å². The van der Waals surface area contributed by atoms with Crippen LogP contribution in [0.5, 0.6) is 0 Å². The monoisotopic (exact) mass is 146 g/mol. The molecule has 52 valence electrons. The average Bonchev–Trinajstić information content (AvgIpc) is 2.18. The van der Waals surface area contributed by atoms with Crippen LogP contribution in [0.4, 0.5) is 0 Å². The van der Waals surface area contributed by atoms with Gasteiger partial charge in [-0.2, -0.15) is 11.8 Å². The Morgan fingerprint density at radius 1 is 1.89 bits per heavy atom. The molecule has 0 saturated heterocycles. The van der Waals surface area contributed by atoms with Gasteiger partial charge in [0.05, 0.1) is 0 Å². The van der Waals surface area contributed by atoms with Crippen molar-refractivity contribution in [2.75, 3.05) is 19.1 Å². The van der Waals surface area contributed by atoms with Crippen molar-refractivity contribution in [1.82, 2.24) is 5.06 Å². The van der Waals surface area contributed by atoms with Crippen molar-refractivity contribution in [3.05, 3.63) is 0 Å². The summed E-state index contributed by atoms with van der Waals surface area (Å²) in [4.78, 5) is 9.01. The van der Waals surface area contributed by atoms with E-state index in [2.05, 4.69) is 11.2 Å². The predicted molar refractivity (Wildman–Crippen MR) is 39.5 cm³/mol. The molecule has 1 unspecified atom stereocenters. The maximum Gasteiger partial charge on any atom is 0.198 e. The molecule has 0 spiro atoms. The summed E-state index contributed by atoms with van der Waals surface area (Å²) in [6, 6.07) is 0. The highest BCUT2D eigenvalue weighted by molar-refractivity contribution is 7.98. The summed E-state index contributed by atoms with van der Waals surface area (Å²) in [6.07, 6.45) is 3.77. The molecular formula is C5H10N2OS. The zero-order valence-electron chi connectivity index (χ0n) is 5.57. The number of hydrogen-bond donors (Lipinski definition) is 0. The van der Waals surface area contributed by atoms with Crippen LogP contribution in [0.3, 0.4) is 0 Å². The highest BCUT2D eigenvalue weighted by atomic mass is 32.2. The Morgan fingerprint density at radius 2 is 2.67 bits per heavy atom. The molecule has 0 N–H and O–H groups in total. The van der Waals surface area contributed by atoms with Crippen LogP contribution in [0.25, 0.3) is 0 Å². The molecule has 0 aromatic heterocycles. The number of hydroxylamine groups is 2.